The smallest absolute Gasteiger partial charge is 0.279 e. The molecule has 0 radical (unpaired) electrons. The predicted octanol–water partition coefficient (Wildman–Crippen LogP) is 4.37. The number of carbonyl (C=O) groups excluding carboxylic acids is 1. The molecule has 1 amide bonds. The minimum absolute atomic E-state index is 0.161. The summed E-state index contributed by atoms with van der Waals surface area (Å²) < 4.78 is 14.3. The largest absolute Gasteiger partial charge is 0.295 e. The fourth-order valence-corrected chi connectivity index (χ4v) is 3.39. The molecule has 3 aromatic rings. The zero-order valence-electron chi connectivity index (χ0n) is 12.8. The Morgan fingerprint density at radius 1 is 1.12 bits per heavy atom. The van der Waals surface area contributed by atoms with E-state index in [9.17, 15) is 9.18 Å². The topological polar surface area (TPSA) is 49.0 Å². The number of aryl methyl sites for hydroxylation is 1. The maximum atomic E-state index is 13.3. The Balaban J connectivity index is 1.89. The molecule has 0 unspecified atom stereocenters. The van der Waals surface area contributed by atoms with E-state index in [1.165, 1.54) is 12.1 Å². The summed E-state index contributed by atoms with van der Waals surface area (Å²) in [5.41, 5.74) is 3.72. The molecule has 4 rings (SSSR count). The summed E-state index contributed by atoms with van der Waals surface area (Å²) in [6, 6.07) is 13.4. The highest BCUT2D eigenvalue weighted by Gasteiger charge is 2.42. The monoisotopic (exact) mass is 385 g/mol. The molecule has 4 nitrogen and oxygen atoms in total. The van der Waals surface area contributed by atoms with Gasteiger partial charge in [0, 0.05) is 21.4 Å². The van der Waals surface area contributed by atoms with Crippen molar-refractivity contribution in [3.8, 4) is 0 Å². The third-order valence-corrected chi connectivity index (χ3v) is 4.77. The number of carbonyl (C=O) groups is 1. The number of nitrogens with one attached hydrogen (secondary N) is 1. The van der Waals surface area contributed by atoms with Gasteiger partial charge in [0.25, 0.3) is 5.91 Å². The fraction of sp³-hybridized carbons (Fsp3) is 0.111. The zero-order valence-corrected chi connectivity index (χ0v) is 14.3. The number of aromatic amines is 1. The fourth-order valence-electron chi connectivity index (χ4n) is 3.12. The van der Waals surface area contributed by atoms with Gasteiger partial charge in [-0.15, -0.1) is 0 Å². The van der Waals surface area contributed by atoms with Crippen molar-refractivity contribution in [2.24, 2.45) is 0 Å². The van der Waals surface area contributed by atoms with Crippen molar-refractivity contribution in [2.75, 3.05) is 4.90 Å². The Hall–Kier alpha value is -2.47. The van der Waals surface area contributed by atoms with Crippen molar-refractivity contribution in [1.82, 2.24) is 10.2 Å². The van der Waals surface area contributed by atoms with E-state index in [4.69, 9.17) is 0 Å². The van der Waals surface area contributed by atoms with Crippen LogP contribution in [0.25, 0.3) is 0 Å². The van der Waals surface area contributed by atoms with E-state index in [-0.39, 0.29) is 17.8 Å². The molecule has 6 heteroatoms. The molecule has 120 valence electrons. The van der Waals surface area contributed by atoms with Gasteiger partial charge in [-0.2, -0.15) is 5.10 Å². The van der Waals surface area contributed by atoms with Crippen molar-refractivity contribution in [3.63, 3.8) is 0 Å². The molecule has 1 aliphatic rings. The summed E-state index contributed by atoms with van der Waals surface area (Å²) in [4.78, 5) is 14.6. The molecule has 2 aromatic carbocycles. The van der Waals surface area contributed by atoms with Crippen molar-refractivity contribution in [2.45, 2.75) is 13.0 Å². The molecule has 1 aliphatic heterocycles. The first-order valence-corrected chi connectivity index (χ1v) is 8.25. The van der Waals surface area contributed by atoms with Gasteiger partial charge >= 0.3 is 0 Å². The lowest BCUT2D eigenvalue weighted by Crippen LogP contribution is -2.29. The molecule has 0 spiro atoms. The number of H-pyrrole nitrogens is 1. The van der Waals surface area contributed by atoms with Crippen LogP contribution in [0.4, 0.5) is 10.1 Å². The van der Waals surface area contributed by atoms with E-state index < -0.39 is 0 Å². The van der Waals surface area contributed by atoms with Gasteiger partial charge in [-0.05, 0) is 48.9 Å². The first-order chi connectivity index (χ1) is 11.6. The summed E-state index contributed by atoms with van der Waals surface area (Å²) in [7, 11) is 0. The number of amides is 1. The highest BCUT2D eigenvalue weighted by atomic mass is 79.9. The second kappa shape index (κ2) is 5.56. The van der Waals surface area contributed by atoms with Crippen LogP contribution in [-0.4, -0.2) is 16.1 Å². The number of rotatable bonds is 2. The number of hydrogen-bond donors (Lipinski definition) is 1. The van der Waals surface area contributed by atoms with E-state index in [2.05, 4.69) is 26.1 Å². The van der Waals surface area contributed by atoms with Crippen LogP contribution in [0.5, 0.6) is 0 Å². The Kier molecular flexibility index (Phi) is 3.49. The van der Waals surface area contributed by atoms with E-state index in [0.29, 0.717) is 5.69 Å². The average molecular weight is 386 g/mol. The van der Waals surface area contributed by atoms with Crippen molar-refractivity contribution in [3.05, 3.63) is 81.3 Å². The Bertz CT molecular complexity index is 918. The molecule has 0 aliphatic carbocycles. The van der Waals surface area contributed by atoms with Crippen molar-refractivity contribution < 1.29 is 9.18 Å². The van der Waals surface area contributed by atoms with Gasteiger partial charge in [0.2, 0.25) is 0 Å². The normalized spacial score (nSPS) is 16.5. The zero-order chi connectivity index (χ0) is 16.8. The molecular formula is C18H13BrFN3O. The second-order valence-corrected chi connectivity index (χ2v) is 6.63. The number of nitrogens with zero attached hydrogens (tertiary/aromatic N) is 2. The molecule has 1 N–H and O–H groups in total. The van der Waals surface area contributed by atoms with Crippen LogP contribution < -0.4 is 4.90 Å². The van der Waals surface area contributed by atoms with Crippen molar-refractivity contribution in [1.29, 1.82) is 0 Å². The molecule has 0 fully saturated rings. The van der Waals surface area contributed by atoms with Gasteiger partial charge < -0.3 is 0 Å². The number of fused-ring (bicyclic) bond motifs is 1. The molecular weight excluding hydrogens is 373 g/mol. The van der Waals surface area contributed by atoms with E-state index in [0.717, 1.165) is 27.0 Å². The lowest BCUT2D eigenvalue weighted by atomic mass is 9.99. The number of halogens is 2. The Morgan fingerprint density at radius 2 is 1.79 bits per heavy atom. The van der Waals surface area contributed by atoms with E-state index >= 15 is 0 Å². The predicted molar refractivity (Wildman–Crippen MR) is 92.5 cm³/mol. The summed E-state index contributed by atoms with van der Waals surface area (Å²) in [6.45, 7) is 1.89. The minimum Gasteiger partial charge on any atom is -0.295 e. The van der Waals surface area contributed by atoms with Crippen LogP contribution in [0.2, 0.25) is 0 Å². The van der Waals surface area contributed by atoms with E-state index in [1.807, 2.05) is 31.2 Å². The number of anilines is 1. The van der Waals surface area contributed by atoms with Crippen LogP contribution in [-0.2, 0) is 0 Å². The van der Waals surface area contributed by atoms with E-state index in [1.54, 1.807) is 17.0 Å². The maximum absolute atomic E-state index is 13.3. The first kappa shape index (κ1) is 15.1. The van der Waals surface area contributed by atoms with Crippen LogP contribution in [0.3, 0.4) is 0 Å². The molecule has 0 saturated heterocycles. The molecule has 1 atom stereocenters. The second-order valence-electron chi connectivity index (χ2n) is 5.72. The lowest BCUT2D eigenvalue weighted by molar-refractivity contribution is 0.0989. The van der Waals surface area contributed by atoms with Crippen LogP contribution in [0.15, 0.2) is 53.0 Å². The lowest BCUT2D eigenvalue weighted by Gasteiger charge is -2.26. The third kappa shape index (κ3) is 2.26. The molecule has 0 bridgehead atoms. The first-order valence-electron chi connectivity index (χ1n) is 7.45. The standard InChI is InChI=1S/C18H13BrFN3O/c1-10-15-16(22-21-10)18(24)23(14-8-4-12(19)5-9-14)17(15)11-2-6-13(20)7-3-11/h2-9,17H,1H3,(H,21,22)/t17-/m0/s1. The molecule has 0 saturated carbocycles. The van der Waals surface area contributed by atoms with Crippen LogP contribution >= 0.6 is 15.9 Å². The van der Waals surface area contributed by atoms with Gasteiger partial charge in [0.1, 0.15) is 5.82 Å². The van der Waals surface area contributed by atoms with Crippen LogP contribution in [0.1, 0.15) is 33.4 Å². The van der Waals surface area contributed by atoms with Gasteiger partial charge in [-0.25, -0.2) is 4.39 Å². The summed E-state index contributed by atoms with van der Waals surface area (Å²) in [5, 5.41) is 7.05. The van der Waals surface area contributed by atoms with Gasteiger partial charge in [-0.3, -0.25) is 14.8 Å². The van der Waals surface area contributed by atoms with Gasteiger partial charge in [0.05, 0.1) is 6.04 Å². The Morgan fingerprint density at radius 3 is 2.46 bits per heavy atom. The quantitative estimate of drug-likeness (QED) is 0.711. The van der Waals surface area contributed by atoms with Gasteiger partial charge in [-0.1, -0.05) is 28.1 Å². The average Bonchev–Trinajstić information content (AvgIpc) is 3.09. The summed E-state index contributed by atoms with van der Waals surface area (Å²) in [6.07, 6.45) is 0. The minimum atomic E-state index is -0.326. The molecule has 2 heterocycles. The summed E-state index contributed by atoms with van der Waals surface area (Å²) >= 11 is 3.41. The van der Waals surface area contributed by atoms with Crippen LogP contribution in [0, 0.1) is 12.7 Å². The maximum Gasteiger partial charge on any atom is 0.279 e. The highest BCUT2D eigenvalue weighted by molar-refractivity contribution is 9.10. The molecule has 1 aromatic heterocycles. The Labute approximate surface area is 146 Å². The highest BCUT2D eigenvalue weighted by Crippen LogP contribution is 2.42. The number of aromatic nitrogens is 2. The summed E-state index contributed by atoms with van der Waals surface area (Å²) in [5.74, 6) is -0.464. The SMILES string of the molecule is Cc1[nH]nc2c1[C@H](c1ccc(F)cc1)N(c1ccc(Br)cc1)C2=O. The molecule has 24 heavy (non-hydrogen) atoms. The van der Waals surface area contributed by atoms with Gasteiger partial charge in [0.15, 0.2) is 5.69 Å². The third-order valence-electron chi connectivity index (χ3n) is 4.24. The number of hydrogen-bond acceptors (Lipinski definition) is 2. The number of benzene rings is 2. The van der Waals surface area contributed by atoms with Crippen molar-refractivity contribution >= 4 is 27.5 Å².